The van der Waals surface area contributed by atoms with Crippen molar-refractivity contribution < 1.29 is 24.2 Å². The Kier molecular flexibility index (Phi) is 8.71. The second kappa shape index (κ2) is 12.2. The van der Waals surface area contributed by atoms with E-state index in [4.69, 9.17) is 21.1 Å². The number of ether oxygens (including phenoxy) is 2. The van der Waals surface area contributed by atoms with Gasteiger partial charge in [-0.1, -0.05) is 54.1 Å². The minimum absolute atomic E-state index is 0.0203. The van der Waals surface area contributed by atoms with Gasteiger partial charge in [0, 0.05) is 18.7 Å². The summed E-state index contributed by atoms with van der Waals surface area (Å²) in [5.74, 6) is -0.545. The molecule has 0 aliphatic carbocycles. The van der Waals surface area contributed by atoms with Crippen LogP contribution in [0, 0.1) is 0 Å². The molecule has 4 rings (SSSR count). The third-order valence-corrected chi connectivity index (χ3v) is 6.57. The fourth-order valence-electron chi connectivity index (χ4n) is 4.33. The Balaban J connectivity index is 1.69. The average Bonchev–Trinajstić information content (AvgIpc) is 3.17. The van der Waals surface area contributed by atoms with Crippen LogP contribution < -0.4 is 9.47 Å². The van der Waals surface area contributed by atoms with Crippen molar-refractivity contribution in [2.45, 2.75) is 19.6 Å². The lowest BCUT2D eigenvalue weighted by atomic mass is 9.95. The largest absolute Gasteiger partial charge is 0.507 e. The highest BCUT2D eigenvalue weighted by atomic mass is 35.5. The Bertz CT molecular complexity index is 1320. The molecule has 1 atom stereocenters. The minimum Gasteiger partial charge on any atom is -0.507 e. The highest BCUT2D eigenvalue weighted by Gasteiger charge is 2.45. The topological polar surface area (TPSA) is 79.3 Å². The Labute approximate surface area is 227 Å². The molecule has 1 fully saturated rings. The summed E-state index contributed by atoms with van der Waals surface area (Å²) in [6, 6.07) is 21.1. The van der Waals surface area contributed by atoms with E-state index in [0.29, 0.717) is 54.0 Å². The molecule has 1 unspecified atom stereocenters. The highest BCUT2D eigenvalue weighted by molar-refractivity contribution is 6.46. The lowest BCUT2D eigenvalue weighted by molar-refractivity contribution is -0.140. The molecule has 0 spiro atoms. The van der Waals surface area contributed by atoms with Gasteiger partial charge >= 0.3 is 0 Å². The van der Waals surface area contributed by atoms with Gasteiger partial charge in [0.05, 0.1) is 23.2 Å². The van der Waals surface area contributed by atoms with Gasteiger partial charge in [0.15, 0.2) is 0 Å². The summed E-state index contributed by atoms with van der Waals surface area (Å²) in [5, 5.41) is 11.6. The minimum atomic E-state index is -0.761. The van der Waals surface area contributed by atoms with Crippen LogP contribution >= 0.6 is 11.6 Å². The fourth-order valence-corrected chi connectivity index (χ4v) is 4.56. The molecule has 3 aromatic carbocycles. The van der Waals surface area contributed by atoms with Crippen molar-refractivity contribution in [1.82, 2.24) is 9.80 Å². The first-order chi connectivity index (χ1) is 18.3. The summed E-state index contributed by atoms with van der Waals surface area (Å²) >= 11 is 6.34. The van der Waals surface area contributed by atoms with Crippen molar-refractivity contribution in [3.05, 3.63) is 100 Å². The van der Waals surface area contributed by atoms with Gasteiger partial charge in [0.1, 0.15) is 23.9 Å². The Morgan fingerprint density at radius 3 is 2.34 bits per heavy atom. The van der Waals surface area contributed by atoms with Crippen LogP contribution in [-0.2, 0) is 16.2 Å². The average molecular weight is 535 g/mol. The van der Waals surface area contributed by atoms with Crippen LogP contribution in [0.2, 0.25) is 5.02 Å². The maximum absolute atomic E-state index is 13.2. The van der Waals surface area contributed by atoms with Gasteiger partial charge in [0.25, 0.3) is 11.7 Å². The van der Waals surface area contributed by atoms with E-state index in [-0.39, 0.29) is 11.3 Å². The van der Waals surface area contributed by atoms with Crippen LogP contribution in [0.1, 0.15) is 29.7 Å². The predicted octanol–water partition coefficient (Wildman–Crippen LogP) is 5.30. The summed E-state index contributed by atoms with van der Waals surface area (Å²) in [4.78, 5) is 29.8. The van der Waals surface area contributed by atoms with E-state index >= 15 is 0 Å². The summed E-state index contributed by atoms with van der Waals surface area (Å²) < 4.78 is 11.4. The van der Waals surface area contributed by atoms with Crippen LogP contribution in [0.15, 0.2) is 78.4 Å². The van der Waals surface area contributed by atoms with E-state index in [1.165, 1.54) is 11.0 Å². The molecule has 1 aliphatic rings. The van der Waals surface area contributed by atoms with E-state index < -0.39 is 17.7 Å². The second-order valence-electron chi connectivity index (χ2n) is 9.22. The Hall–Kier alpha value is -3.81. The van der Waals surface area contributed by atoms with Crippen molar-refractivity contribution in [1.29, 1.82) is 0 Å². The van der Waals surface area contributed by atoms with E-state index in [2.05, 4.69) is 0 Å². The SMILES string of the molecule is CCOc1ccc(/C(O)=C2/C(=O)C(=O)N(CCN(C)C)C2c2ccc(OCc3ccccc3)cc2)cc1Cl. The van der Waals surface area contributed by atoms with Crippen molar-refractivity contribution in [3.63, 3.8) is 0 Å². The number of aliphatic hydroxyl groups is 1. The number of hydrogen-bond donors (Lipinski definition) is 1. The molecule has 1 saturated heterocycles. The summed E-state index contributed by atoms with van der Waals surface area (Å²) in [5.41, 5.74) is 2.08. The number of Topliss-reactive ketones (excluding diaryl/α,β-unsaturated/α-hetero) is 1. The number of amides is 1. The lowest BCUT2D eigenvalue weighted by Crippen LogP contribution is -2.35. The number of hydrogen-bond acceptors (Lipinski definition) is 6. The molecule has 198 valence electrons. The molecule has 7 nitrogen and oxygen atoms in total. The molecule has 0 saturated carbocycles. The molecule has 0 bridgehead atoms. The number of likely N-dealkylation sites (N-methyl/N-ethyl adjacent to an activating group) is 1. The van der Waals surface area contributed by atoms with Gasteiger partial charge < -0.3 is 24.4 Å². The van der Waals surface area contributed by atoms with E-state index in [9.17, 15) is 14.7 Å². The molecule has 3 aromatic rings. The lowest BCUT2D eigenvalue weighted by Gasteiger charge is -2.26. The molecular weight excluding hydrogens is 504 g/mol. The first kappa shape index (κ1) is 27.2. The first-order valence-electron chi connectivity index (χ1n) is 12.4. The van der Waals surface area contributed by atoms with E-state index in [1.54, 1.807) is 24.3 Å². The van der Waals surface area contributed by atoms with Gasteiger partial charge in [-0.15, -0.1) is 0 Å². The third-order valence-electron chi connectivity index (χ3n) is 6.28. The smallest absolute Gasteiger partial charge is 0.295 e. The van der Waals surface area contributed by atoms with Crippen molar-refractivity contribution in [2.24, 2.45) is 0 Å². The zero-order chi connectivity index (χ0) is 27.2. The summed E-state index contributed by atoms with van der Waals surface area (Å²) in [7, 11) is 3.79. The number of nitrogens with zero attached hydrogens (tertiary/aromatic N) is 2. The van der Waals surface area contributed by atoms with Crippen molar-refractivity contribution in [3.8, 4) is 11.5 Å². The molecule has 8 heteroatoms. The molecule has 1 aliphatic heterocycles. The molecule has 1 N–H and O–H groups in total. The molecule has 1 heterocycles. The summed E-state index contributed by atoms with van der Waals surface area (Å²) in [6.45, 7) is 3.57. The van der Waals surface area contributed by atoms with Crippen molar-refractivity contribution >= 4 is 29.1 Å². The van der Waals surface area contributed by atoms with Gasteiger partial charge in [-0.05, 0) is 62.5 Å². The predicted molar refractivity (Wildman–Crippen MR) is 147 cm³/mol. The Morgan fingerprint density at radius 1 is 1.00 bits per heavy atom. The number of aliphatic hydroxyl groups excluding tert-OH is 1. The number of rotatable bonds is 10. The van der Waals surface area contributed by atoms with Crippen LogP contribution in [0.25, 0.3) is 5.76 Å². The zero-order valence-electron chi connectivity index (χ0n) is 21.7. The number of benzene rings is 3. The van der Waals surface area contributed by atoms with Gasteiger partial charge in [-0.3, -0.25) is 9.59 Å². The van der Waals surface area contributed by atoms with Gasteiger partial charge in [-0.25, -0.2) is 0 Å². The van der Waals surface area contributed by atoms with Crippen LogP contribution in [0.3, 0.4) is 0 Å². The number of carbonyl (C=O) groups is 2. The van der Waals surface area contributed by atoms with Crippen molar-refractivity contribution in [2.75, 3.05) is 33.8 Å². The van der Waals surface area contributed by atoms with Crippen LogP contribution in [0.4, 0.5) is 0 Å². The molecule has 38 heavy (non-hydrogen) atoms. The third kappa shape index (κ3) is 6.01. The maximum Gasteiger partial charge on any atom is 0.295 e. The number of carbonyl (C=O) groups excluding carboxylic acids is 2. The van der Waals surface area contributed by atoms with E-state index in [1.807, 2.05) is 68.4 Å². The maximum atomic E-state index is 13.2. The number of likely N-dealkylation sites (tertiary alicyclic amines) is 1. The molecule has 1 amide bonds. The Morgan fingerprint density at radius 2 is 1.71 bits per heavy atom. The van der Waals surface area contributed by atoms with Crippen LogP contribution in [-0.4, -0.2) is 60.4 Å². The summed E-state index contributed by atoms with van der Waals surface area (Å²) in [6.07, 6.45) is 0. The quantitative estimate of drug-likeness (QED) is 0.216. The molecular formula is C30H31ClN2O5. The fraction of sp³-hybridized carbons (Fsp3) is 0.267. The second-order valence-corrected chi connectivity index (χ2v) is 9.62. The molecule has 0 aromatic heterocycles. The standard InChI is InChI=1S/C30H31ClN2O5/c1-4-37-25-15-12-22(18-24(25)31)28(34)26-27(33(17-16-32(2)3)30(36)29(26)35)21-10-13-23(14-11-21)38-19-20-8-6-5-7-9-20/h5-15,18,27,34H,4,16-17,19H2,1-3H3/b28-26-. The highest BCUT2D eigenvalue weighted by Crippen LogP contribution is 2.40. The van der Waals surface area contributed by atoms with Gasteiger partial charge in [-0.2, -0.15) is 0 Å². The molecule has 0 radical (unpaired) electrons. The first-order valence-corrected chi connectivity index (χ1v) is 12.8. The monoisotopic (exact) mass is 534 g/mol. The number of ketones is 1. The van der Waals surface area contributed by atoms with E-state index in [0.717, 1.165) is 5.56 Å². The van der Waals surface area contributed by atoms with Gasteiger partial charge in [0.2, 0.25) is 0 Å². The normalized spacial score (nSPS) is 16.8. The zero-order valence-corrected chi connectivity index (χ0v) is 22.4. The number of halogens is 1. The van der Waals surface area contributed by atoms with Crippen LogP contribution in [0.5, 0.6) is 11.5 Å².